The van der Waals surface area contributed by atoms with Crippen LogP contribution in [0.2, 0.25) is 0 Å². The van der Waals surface area contributed by atoms with Gasteiger partial charge in [0.25, 0.3) is 0 Å². The summed E-state index contributed by atoms with van der Waals surface area (Å²) in [6.07, 6.45) is 0.0129. The molecule has 1 aromatic carbocycles. The second-order valence-corrected chi connectivity index (χ2v) is 5.30. The highest BCUT2D eigenvalue weighted by Crippen LogP contribution is 2.26. The van der Waals surface area contributed by atoms with Crippen LogP contribution in [0.25, 0.3) is 11.4 Å². The van der Waals surface area contributed by atoms with Crippen molar-refractivity contribution < 1.29 is 4.74 Å². The maximum absolute atomic E-state index is 5.59. The van der Waals surface area contributed by atoms with Crippen LogP contribution in [-0.4, -0.2) is 27.6 Å². The van der Waals surface area contributed by atoms with Crippen LogP contribution in [0.4, 0.5) is 5.95 Å². The van der Waals surface area contributed by atoms with E-state index in [1.165, 1.54) is 0 Å². The van der Waals surface area contributed by atoms with Gasteiger partial charge in [0.15, 0.2) is 5.82 Å². The minimum atomic E-state index is 0.0129. The molecule has 1 N–H and O–H groups in total. The molecular weight excluding hydrogens is 320 g/mol. The zero-order chi connectivity index (χ0) is 14.5. The summed E-state index contributed by atoms with van der Waals surface area (Å²) < 4.78 is 6.52. The fourth-order valence-electron chi connectivity index (χ4n) is 1.62. The molecule has 0 saturated carbocycles. The molecule has 0 radical (unpaired) electrons. The molecule has 0 unspecified atom stereocenters. The maximum atomic E-state index is 5.59. The molecule has 106 valence electrons. The summed E-state index contributed by atoms with van der Waals surface area (Å²) in [6, 6.07) is 8.13. The summed E-state index contributed by atoms with van der Waals surface area (Å²) in [5.41, 5.74) is 0.905. The van der Waals surface area contributed by atoms with E-state index >= 15 is 0 Å². The third-order valence-corrected chi connectivity index (χ3v) is 3.10. The van der Waals surface area contributed by atoms with Gasteiger partial charge in [-0.15, -0.1) is 0 Å². The van der Waals surface area contributed by atoms with E-state index in [0.717, 1.165) is 16.6 Å². The summed E-state index contributed by atoms with van der Waals surface area (Å²) >= 11 is 3.51. The summed E-state index contributed by atoms with van der Waals surface area (Å²) in [6.45, 7) is 6.61. The number of aromatic nitrogens is 3. The molecule has 0 bridgehead atoms. The molecule has 0 atom stereocenters. The van der Waals surface area contributed by atoms with Crippen molar-refractivity contribution in [1.82, 2.24) is 15.0 Å². The van der Waals surface area contributed by atoms with Gasteiger partial charge in [0, 0.05) is 16.6 Å². The van der Waals surface area contributed by atoms with Gasteiger partial charge in [0.05, 0.1) is 6.10 Å². The number of rotatable bonds is 5. The van der Waals surface area contributed by atoms with Crippen molar-refractivity contribution in [3.05, 3.63) is 28.7 Å². The molecule has 0 saturated heterocycles. The van der Waals surface area contributed by atoms with E-state index in [1.54, 1.807) is 0 Å². The molecule has 0 fully saturated rings. The molecule has 2 rings (SSSR count). The molecule has 0 spiro atoms. The molecule has 2 aromatic rings. The van der Waals surface area contributed by atoms with E-state index in [-0.39, 0.29) is 6.10 Å². The van der Waals surface area contributed by atoms with Crippen LogP contribution in [0.3, 0.4) is 0 Å². The molecule has 0 aliphatic rings. The molecule has 5 nitrogen and oxygen atoms in total. The first kappa shape index (κ1) is 14.7. The Kier molecular flexibility index (Phi) is 4.89. The van der Waals surface area contributed by atoms with Gasteiger partial charge in [-0.05, 0) is 26.8 Å². The van der Waals surface area contributed by atoms with Crippen LogP contribution < -0.4 is 10.1 Å². The zero-order valence-corrected chi connectivity index (χ0v) is 13.3. The topological polar surface area (TPSA) is 59.9 Å². The highest BCUT2D eigenvalue weighted by atomic mass is 79.9. The minimum Gasteiger partial charge on any atom is -0.461 e. The Morgan fingerprint density at radius 1 is 1.20 bits per heavy atom. The van der Waals surface area contributed by atoms with Crippen molar-refractivity contribution in [2.45, 2.75) is 26.9 Å². The average Bonchev–Trinajstić information content (AvgIpc) is 2.38. The van der Waals surface area contributed by atoms with E-state index in [1.807, 2.05) is 45.0 Å². The standard InChI is InChI=1S/C14H17BrN4O/c1-4-16-13-17-12(10-7-5-6-8-11(10)15)18-14(19-13)20-9(2)3/h5-9H,4H2,1-3H3,(H,16,17,18,19). The van der Waals surface area contributed by atoms with Gasteiger partial charge in [-0.1, -0.05) is 34.1 Å². The normalized spacial score (nSPS) is 10.7. The monoisotopic (exact) mass is 336 g/mol. The zero-order valence-electron chi connectivity index (χ0n) is 11.7. The molecule has 1 aromatic heterocycles. The first-order valence-corrected chi connectivity index (χ1v) is 7.31. The van der Waals surface area contributed by atoms with Gasteiger partial charge in [-0.2, -0.15) is 15.0 Å². The number of hydrogen-bond donors (Lipinski definition) is 1. The Balaban J connectivity index is 2.46. The van der Waals surface area contributed by atoms with Crippen molar-refractivity contribution >= 4 is 21.9 Å². The SMILES string of the molecule is CCNc1nc(OC(C)C)nc(-c2ccccc2Br)n1. The molecule has 0 aliphatic carbocycles. The number of hydrogen-bond acceptors (Lipinski definition) is 5. The fourth-order valence-corrected chi connectivity index (χ4v) is 2.08. The Morgan fingerprint density at radius 3 is 2.60 bits per heavy atom. The van der Waals surface area contributed by atoms with Crippen LogP contribution in [-0.2, 0) is 0 Å². The number of ether oxygens (including phenoxy) is 1. The number of nitrogens with one attached hydrogen (secondary N) is 1. The molecule has 0 aliphatic heterocycles. The van der Waals surface area contributed by atoms with Gasteiger partial charge < -0.3 is 10.1 Å². The van der Waals surface area contributed by atoms with E-state index in [9.17, 15) is 0 Å². The Labute approximate surface area is 127 Å². The second-order valence-electron chi connectivity index (χ2n) is 4.44. The average molecular weight is 337 g/mol. The third-order valence-electron chi connectivity index (χ3n) is 2.41. The Morgan fingerprint density at radius 2 is 1.95 bits per heavy atom. The first-order chi connectivity index (χ1) is 9.60. The van der Waals surface area contributed by atoms with Crippen molar-refractivity contribution in [2.24, 2.45) is 0 Å². The second kappa shape index (κ2) is 6.65. The third kappa shape index (κ3) is 3.66. The van der Waals surface area contributed by atoms with Gasteiger partial charge in [0.2, 0.25) is 5.95 Å². The van der Waals surface area contributed by atoms with Crippen LogP contribution in [0, 0.1) is 0 Å². The van der Waals surface area contributed by atoms with Gasteiger partial charge in [0.1, 0.15) is 0 Å². The highest BCUT2D eigenvalue weighted by Gasteiger charge is 2.12. The lowest BCUT2D eigenvalue weighted by Crippen LogP contribution is -2.12. The van der Waals surface area contributed by atoms with Crippen molar-refractivity contribution in [1.29, 1.82) is 0 Å². The van der Waals surface area contributed by atoms with Crippen molar-refractivity contribution in [3.63, 3.8) is 0 Å². The van der Waals surface area contributed by atoms with Gasteiger partial charge in [-0.3, -0.25) is 0 Å². The van der Waals surface area contributed by atoms with E-state index in [0.29, 0.717) is 17.8 Å². The number of benzene rings is 1. The van der Waals surface area contributed by atoms with E-state index in [2.05, 4.69) is 36.2 Å². The quantitative estimate of drug-likeness (QED) is 0.905. The van der Waals surface area contributed by atoms with Crippen LogP contribution in [0.15, 0.2) is 28.7 Å². The van der Waals surface area contributed by atoms with Crippen LogP contribution in [0.5, 0.6) is 6.01 Å². The van der Waals surface area contributed by atoms with E-state index in [4.69, 9.17) is 4.74 Å². The number of halogens is 1. The fraction of sp³-hybridized carbons (Fsp3) is 0.357. The van der Waals surface area contributed by atoms with Crippen LogP contribution >= 0.6 is 15.9 Å². The van der Waals surface area contributed by atoms with Crippen molar-refractivity contribution in [3.8, 4) is 17.4 Å². The molecule has 6 heteroatoms. The minimum absolute atomic E-state index is 0.0129. The van der Waals surface area contributed by atoms with Gasteiger partial charge in [-0.25, -0.2) is 0 Å². The summed E-state index contributed by atoms with van der Waals surface area (Å²) in [7, 11) is 0. The summed E-state index contributed by atoms with van der Waals surface area (Å²) in [5.74, 6) is 1.10. The van der Waals surface area contributed by atoms with Gasteiger partial charge >= 0.3 is 6.01 Å². The van der Waals surface area contributed by atoms with Crippen LogP contribution in [0.1, 0.15) is 20.8 Å². The predicted octanol–water partition coefficient (Wildman–Crippen LogP) is 3.52. The van der Waals surface area contributed by atoms with Crippen molar-refractivity contribution in [2.75, 3.05) is 11.9 Å². The summed E-state index contributed by atoms with van der Waals surface area (Å²) in [4.78, 5) is 13.0. The first-order valence-electron chi connectivity index (χ1n) is 6.51. The lowest BCUT2D eigenvalue weighted by atomic mass is 10.2. The molecular formula is C14H17BrN4O. The largest absolute Gasteiger partial charge is 0.461 e. The molecule has 0 amide bonds. The Hall–Kier alpha value is -1.69. The predicted molar refractivity (Wildman–Crippen MR) is 82.9 cm³/mol. The Bertz CT molecular complexity index is 589. The lowest BCUT2D eigenvalue weighted by Gasteiger charge is -2.11. The molecule has 20 heavy (non-hydrogen) atoms. The summed E-state index contributed by atoms with van der Waals surface area (Å²) in [5, 5.41) is 3.09. The highest BCUT2D eigenvalue weighted by molar-refractivity contribution is 9.10. The lowest BCUT2D eigenvalue weighted by molar-refractivity contribution is 0.222. The van der Waals surface area contributed by atoms with E-state index < -0.39 is 0 Å². The smallest absolute Gasteiger partial charge is 0.322 e. The number of nitrogens with zero attached hydrogens (tertiary/aromatic N) is 3. The molecule has 1 heterocycles. The maximum Gasteiger partial charge on any atom is 0.322 e. The number of anilines is 1.